The molecule has 142 valence electrons. The van der Waals surface area contributed by atoms with Gasteiger partial charge in [-0.05, 0) is 37.4 Å². The smallest absolute Gasteiger partial charge is 0.278 e. The molecule has 0 aliphatic carbocycles. The van der Waals surface area contributed by atoms with E-state index in [0.29, 0.717) is 4.88 Å². The Morgan fingerprint density at radius 3 is 2.56 bits per heavy atom. The summed E-state index contributed by atoms with van der Waals surface area (Å²) in [6, 6.07) is 6.70. The summed E-state index contributed by atoms with van der Waals surface area (Å²) >= 11 is 1.31. The van der Waals surface area contributed by atoms with Crippen LogP contribution in [0, 0.1) is 11.6 Å². The van der Waals surface area contributed by atoms with Crippen molar-refractivity contribution in [1.82, 2.24) is 4.90 Å². The van der Waals surface area contributed by atoms with Crippen molar-refractivity contribution in [3.05, 3.63) is 57.9 Å². The molecule has 27 heavy (non-hydrogen) atoms. The molecule has 2 aromatic rings. The van der Waals surface area contributed by atoms with Crippen LogP contribution < -0.4 is 5.32 Å². The lowest BCUT2D eigenvalue weighted by Crippen LogP contribution is -2.35. The van der Waals surface area contributed by atoms with Gasteiger partial charge in [0, 0.05) is 16.6 Å². The van der Waals surface area contributed by atoms with Gasteiger partial charge in [0.25, 0.3) is 11.8 Å². The Balaban J connectivity index is 1.91. The number of imide groups is 1. The lowest BCUT2D eigenvalue weighted by atomic mass is 10.2. The number of carbonyl (C=O) groups excluding carboxylic acids is 2. The average molecular weight is 392 g/mol. The van der Waals surface area contributed by atoms with Crippen LogP contribution in [0.2, 0.25) is 0 Å². The Hall–Kier alpha value is -2.58. The van der Waals surface area contributed by atoms with Gasteiger partial charge in [0.2, 0.25) is 0 Å². The summed E-state index contributed by atoms with van der Waals surface area (Å²) in [7, 11) is 0. The summed E-state index contributed by atoms with van der Waals surface area (Å²) in [5.41, 5.74) is 0.432. The van der Waals surface area contributed by atoms with Crippen LogP contribution in [0.3, 0.4) is 0 Å². The number of hydrogen-bond donors (Lipinski definition) is 1. The standard InChI is InChI=1S/C19H18F2N2O3S/c1-11(2)26-8-7-23-18(24)16(15-4-3-9-27-15)17(19(23)25)22-12-5-6-13(20)14(21)10-12/h3-6,9-11,22H,7-8H2,1-2H3. The Morgan fingerprint density at radius 2 is 1.93 bits per heavy atom. The molecule has 0 radical (unpaired) electrons. The largest absolute Gasteiger partial charge is 0.377 e. The van der Waals surface area contributed by atoms with Gasteiger partial charge in [0.15, 0.2) is 11.6 Å². The molecule has 0 atom stereocenters. The highest BCUT2D eigenvalue weighted by molar-refractivity contribution is 7.11. The van der Waals surface area contributed by atoms with Crippen molar-refractivity contribution in [1.29, 1.82) is 0 Å². The first-order chi connectivity index (χ1) is 12.9. The van der Waals surface area contributed by atoms with Crippen LogP contribution in [-0.4, -0.2) is 36.0 Å². The Morgan fingerprint density at radius 1 is 1.15 bits per heavy atom. The molecule has 3 rings (SSSR count). The van der Waals surface area contributed by atoms with Crippen molar-refractivity contribution >= 4 is 34.4 Å². The van der Waals surface area contributed by atoms with Crippen LogP contribution in [0.1, 0.15) is 18.7 Å². The Kier molecular flexibility index (Phi) is 5.67. The molecular formula is C19H18F2N2O3S. The fraction of sp³-hybridized carbons (Fsp3) is 0.263. The molecule has 1 aromatic carbocycles. The van der Waals surface area contributed by atoms with Crippen molar-refractivity contribution in [3.63, 3.8) is 0 Å². The highest BCUT2D eigenvalue weighted by atomic mass is 32.1. The van der Waals surface area contributed by atoms with Gasteiger partial charge in [-0.15, -0.1) is 11.3 Å². The van der Waals surface area contributed by atoms with Gasteiger partial charge < -0.3 is 10.1 Å². The Bertz CT molecular complexity index is 894. The lowest BCUT2D eigenvalue weighted by Gasteiger charge is -2.16. The van der Waals surface area contributed by atoms with Gasteiger partial charge in [-0.1, -0.05) is 6.07 Å². The monoisotopic (exact) mass is 392 g/mol. The lowest BCUT2D eigenvalue weighted by molar-refractivity contribution is -0.137. The normalized spacial score (nSPS) is 14.6. The van der Waals surface area contributed by atoms with E-state index in [4.69, 9.17) is 4.74 Å². The molecule has 1 aliphatic rings. The third-order valence-electron chi connectivity index (χ3n) is 3.89. The van der Waals surface area contributed by atoms with Crippen molar-refractivity contribution in [2.45, 2.75) is 20.0 Å². The Labute approximate surface area is 159 Å². The second kappa shape index (κ2) is 7.98. The van der Waals surface area contributed by atoms with Crippen LogP contribution in [0.25, 0.3) is 5.57 Å². The van der Waals surface area contributed by atoms with Crippen molar-refractivity contribution in [2.75, 3.05) is 18.5 Å². The maximum absolute atomic E-state index is 13.5. The maximum Gasteiger partial charge on any atom is 0.278 e. The van der Waals surface area contributed by atoms with E-state index < -0.39 is 23.4 Å². The minimum Gasteiger partial charge on any atom is -0.377 e. The van der Waals surface area contributed by atoms with E-state index in [0.717, 1.165) is 17.0 Å². The van der Waals surface area contributed by atoms with Gasteiger partial charge in [-0.3, -0.25) is 14.5 Å². The molecule has 0 unspecified atom stereocenters. The third-order valence-corrected chi connectivity index (χ3v) is 4.78. The van der Waals surface area contributed by atoms with E-state index >= 15 is 0 Å². The minimum atomic E-state index is -1.04. The van der Waals surface area contributed by atoms with Gasteiger partial charge in [-0.25, -0.2) is 8.78 Å². The predicted molar refractivity (Wildman–Crippen MR) is 99.0 cm³/mol. The van der Waals surface area contributed by atoms with E-state index in [2.05, 4.69) is 5.32 Å². The van der Waals surface area contributed by atoms with Crippen molar-refractivity contribution in [3.8, 4) is 0 Å². The summed E-state index contributed by atoms with van der Waals surface area (Å²) in [6.07, 6.45) is -0.0256. The number of carbonyl (C=O) groups is 2. The van der Waals surface area contributed by atoms with E-state index in [1.807, 2.05) is 13.8 Å². The third kappa shape index (κ3) is 4.06. The zero-order chi connectivity index (χ0) is 19.6. The molecule has 8 heteroatoms. The molecule has 5 nitrogen and oxygen atoms in total. The van der Waals surface area contributed by atoms with Crippen LogP contribution in [-0.2, 0) is 14.3 Å². The zero-order valence-electron chi connectivity index (χ0n) is 14.8. The molecule has 1 aliphatic heterocycles. The molecule has 0 saturated carbocycles. The number of rotatable bonds is 7. The van der Waals surface area contributed by atoms with Gasteiger partial charge >= 0.3 is 0 Å². The molecule has 2 amide bonds. The highest BCUT2D eigenvalue weighted by Gasteiger charge is 2.39. The van der Waals surface area contributed by atoms with Gasteiger partial charge in [0.1, 0.15) is 5.70 Å². The van der Waals surface area contributed by atoms with E-state index in [9.17, 15) is 18.4 Å². The number of nitrogens with zero attached hydrogens (tertiary/aromatic N) is 1. The molecule has 1 aromatic heterocycles. The molecular weight excluding hydrogens is 374 g/mol. The summed E-state index contributed by atoms with van der Waals surface area (Å²) in [4.78, 5) is 27.4. The predicted octanol–water partition coefficient (Wildman–Crippen LogP) is 3.64. The van der Waals surface area contributed by atoms with Crippen LogP contribution in [0.15, 0.2) is 41.4 Å². The minimum absolute atomic E-state index is 0.0256. The van der Waals surface area contributed by atoms with Crippen molar-refractivity contribution in [2.24, 2.45) is 0 Å². The second-order valence-corrected chi connectivity index (χ2v) is 7.11. The topological polar surface area (TPSA) is 58.6 Å². The molecule has 0 fully saturated rings. The average Bonchev–Trinajstić information content (AvgIpc) is 3.21. The number of thiophene rings is 1. The number of halogens is 2. The number of amides is 2. The van der Waals surface area contributed by atoms with Gasteiger partial charge in [0.05, 0.1) is 24.8 Å². The van der Waals surface area contributed by atoms with Gasteiger partial charge in [-0.2, -0.15) is 0 Å². The molecule has 1 N–H and O–H groups in total. The summed E-state index contributed by atoms with van der Waals surface area (Å²) in [5, 5.41) is 4.57. The number of anilines is 1. The zero-order valence-corrected chi connectivity index (χ0v) is 15.6. The number of hydrogen-bond acceptors (Lipinski definition) is 5. The maximum atomic E-state index is 13.5. The SMILES string of the molecule is CC(C)OCCN1C(=O)C(Nc2ccc(F)c(F)c2)=C(c2cccs2)C1=O. The fourth-order valence-electron chi connectivity index (χ4n) is 2.64. The summed E-state index contributed by atoms with van der Waals surface area (Å²) in [5.74, 6) is -3.01. The molecule has 0 bridgehead atoms. The molecule has 0 saturated heterocycles. The first-order valence-corrected chi connectivity index (χ1v) is 9.24. The number of nitrogens with one attached hydrogen (secondary N) is 1. The first-order valence-electron chi connectivity index (χ1n) is 8.36. The fourth-order valence-corrected chi connectivity index (χ4v) is 3.41. The summed E-state index contributed by atoms with van der Waals surface area (Å²) < 4.78 is 32.1. The molecule has 2 heterocycles. The molecule has 0 spiro atoms. The van der Waals surface area contributed by atoms with Crippen LogP contribution in [0.5, 0.6) is 0 Å². The van der Waals surface area contributed by atoms with Crippen LogP contribution in [0.4, 0.5) is 14.5 Å². The number of benzene rings is 1. The number of ether oxygens (including phenoxy) is 1. The second-order valence-electron chi connectivity index (χ2n) is 6.16. The van der Waals surface area contributed by atoms with Crippen LogP contribution >= 0.6 is 11.3 Å². The van der Waals surface area contributed by atoms with E-state index in [1.165, 1.54) is 17.4 Å². The van der Waals surface area contributed by atoms with E-state index in [1.54, 1.807) is 17.5 Å². The summed E-state index contributed by atoms with van der Waals surface area (Å²) in [6.45, 7) is 4.04. The quantitative estimate of drug-likeness (QED) is 0.731. The van der Waals surface area contributed by atoms with Crippen molar-refractivity contribution < 1.29 is 23.1 Å². The van der Waals surface area contributed by atoms with E-state index in [-0.39, 0.29) is 36.2 Å². The highest BCUT2D eigenvalue weighted by Crippen LogP contribution is 2.32. The first kappa shape index (κ1) is 19.2.